The van der Waals surface area contributed by atoms with Gasteiger partial charge < -0.3 is 15.4 Å². The first-order valence-corrected chi connectivity index (χ1v) is 8.88. The second-order valence-corrected chi connectivity index (χ2v) is 6.64. The van der Waals surface area contributed by atoms with Crippen molar-refractivity contribution in [2.45, 2.75) is 45.1 Å². The fourth-order valence-electron chi connectivity index (χ4n) is 2.97. The number of nitrogens with zero attached hydrogens (tertiary/aromatic N) is 1. The summed E-state index contributed by atoms with van der Waals surface area (Å²) in [4.78, 5) is 34.0. The Bertz CT molecular complexity index is 641. The van der Waals surface area contributed by atoms with Crippen LogP contribution in [0.15, 0.2) is 24.3 Å². The molecule has 0 saturated heterocycles. The lowest BCUT2D eigenvalue weighted by molar-refractivity contribution is -0.384. The van der Waals surface area contributed by atoms with E-state index in [9.17, 15) is 19.7 Å². The van der Waals surface area contributed by atoms with Gasteiger partial charge in [0.15, 0.2) is 6.61 Å². The van der Waals surface area contributed by atoms with Crippen molar-refractivity contribution >= 4 is 23.3 Å². The third-order valence-electron chi connectivity index (χ3n) is 4.49. The van der Waals surface area contributed by atoms with Gasteiger partial charge in [0.05, 0.1) is 11.3 Å². The Morgan fingerprint density at radius 3 is 2.62 bits per heavy atom. The fourth-order valence-corrected chi connectivity index (χ4v) is 2.97. The van der Waals surface area contributed by atoms with E-state index in [1.54, 1.807) is 18.2 Å². The molecule has 2 N–H and O–H groups in total. The quantitative estimate of drug-likeness (QED) is 0.417. The van der Waals surface area contributed by atoms with Gasteiger partial charge in [0.2, 0.25) is 0 Å². The van der Waals surface area contributed by atoms with Crippen LogP contribution < -0.4 is 10.6 Å². The van der Waals surface area contributed by atoms with Gasteiger partial charge in [-0.15, -0.1) is 0 Å². The summed E-state index contributed by atoms with van der Waals surface area (Å²) < 4.78 is 4.96. The van der Waals surface area contributed by atoms with Crippen LogP contribution in [0.2, 0.25) is 0 Å². The third-order valence-corrected chi connectivity index (χ3v) is 4.49. The zero-order valence-corrected chi connectivity index (χ0v) is 14.9. The summed E-state index contributed by atoms with van der Waals surface area (Å²) in [6.07, 6.45) is 4.13. The van der Waals surface area contributed by atoms with Crippen molar-refractivity contribution in [1.82, 2.24) is 5.32 Å². The topological polar surface area (TPSA) is 111 Å². The Labute approximate surface area is 152 Å². The largest absolute Gasteiger partial charge is 0.456 e. The van der Waals surface area contributed by atoms with Crippen LogP contribution in [0, 0.1) is 16.0 Å². The van der Waals surface area contributed by atoms with Gasteiger partial charge in [-0.1, -0.05) is 19.1 Å². The van der Waals surface area contributed by atoms with Gasteiger partial charge >= 0.3 is 5.97 Å². The highest BCUT2D eigenvalue weighted by atomic mass is 16.6. The molecule has 1 aromatic rings. The number of esters is 1. The molecule has 1 aliphatic rings. The first-order chi connectivity index (χ1) is 12.5. The number of nitro benzene ring substituents is 1. The maximum Gasteiger partial charge on any atom is 0.308 e. The predicted octanol–water partition coefficient (Wildman–Crippen LogP) is 2.63. The summed E-state index contributed by atoms with van der Waals surface area (Å²) in [5.41, 5.74) is 0.289. The number of nitrogens with one attached hydrogen (secondary N) is 2. The van der Waals surface area contributed by atoms with E-state index in [2.05, 4.69) is 17.6 Å². The summed E-state index contributed by atoms with van der Waals surface area (Å²) in [6.45, 7) is 2.10. The van der Waals surface area contributed by atoms with Crippen molar-refractivity contribution < 1.29 is 19.2 Å². The van der Waals surface area contributed by atoms with Crippen LogP contribution >= 0.6 is 0 Å². The number of rotatable bonds is 8. The number of hydrogen-bond acceptors (Lipinski definition) is 6. The normalized spacial score (nSPS) is 19.4. The number of ether oxygens (including phenoxy) is 1. The summed E-state index contributed by atoms with van der Waals surface area (Å²) in [7, 11) is 0. The van der Waals surface area contributed by atoms with Crippen molar-refractivity contribution in [2.75, 3.05) is 18.5 Å². The molecule has 1 fully saturated rings. The maximum absolute atomic E-state index is 11.8. The number of anilines is 1. The number of para-hydroxylation sites is 2. The summed E-state index contributed by atoms with van der Waals surface area (Å²) >= 11 is 0. The van der Waals surface area contributed by atoms with Crippen LogP contribution in [-0.4, -0.2) is 36.0 Å². The van der Waals surface area contributed by atoms with Crippen LogP contribution in [0.4, 0.5) is 11.4 Å². The lowest BCUT2D eigenvalue weighted by Gasteiger charge is -2.26. The SMILES string of the molecule is CC1CCC(NC(=O)COC(=O)CCNc2ccccc2[N+](=O)[O-])CC1. The molecule has 1 aliphatic carbocycles. The molecule has 2 rings (SSSR count). The molecule has 8 nitrogen and oxygen atoms in total. The second-order valence-electron chi connectivity index (χ2n) is 6.64. The zero-order valence-electron chi connectivity index (χ0n) is 14.9. The van der Waals surface area contributed by atoms with Crippen LogP contribution in [0.1, 0.15) is 39.0 Å². The molecular weight excluding hydrogens is 338 g/mol. The lowest BCUT2D eigenvalue weighted by Crippen LogP contribution is -2.39. The first kappa shape index (κ1) is 19.7. The summed E-state index contributed by atoms with van der Waals surface area (Å²) in [5, 5.41) is 16.6. The minimum absolute atomic E-state index is 0.0142. The van der Waals surface area contributed by atoms with Crippen molar-refractivity contribution in [3.63, 3.8) is 0 Å². The van der Waals surface area contributed by atoms with Crippen molar-refractivity contribution in [1.29, 1.82) is 0 Å². The first-order valence-electron chi connectivity index (χ1n) is 8.88. The smallest absolute Gasteiger partial charge is 0.308 e. The Balaban J connectivity index is 1.65. The number of carbonyl (C=O) groups is 2. The van der Waals surface area contributed by atoms with Crippen LogP contribution in [0.25, 0.3) is 0 Å². The molecule has 0 radical (unpaired) electrons. The number of amides is 1. The van der Waals surface area contributed by atoms with E-state index in [4.69, 9.17) is 4.74 Å². The van der Waals surface area contributed by atoms with Gasteiger partial charge in [-0.2, -0.15) is 0 Å². The molecule has 0 bridgehead atoms. The van der Waals surface area contributed by atoms with Gasteiger partial charge in [-0.25, -0.2) is 0 Å². The highest BCUT2D eigenvalue weighted by molar-refractivity contribution is 5.80. The molecular formula is C18H25N3O5. The molecule has 0 atom stereocenters. The Kier molecular flexibility index (Phi) is 7.37. The molecule has 1 aromatic carbocycles. The van der Waals surface area contributed by atoms with Crippen LogP contribution in [0.3, 0.4) is 0 Å². The van der Waals surface area contributed by atoms with Gasteiger partial charge in [-0.3, -0.25) is 19.7 Å². The van der Waals surface area contributed by atoms with E-state index in [0.29, 0.717) is 11.6 Å². The Hall–Kier alpha value is -2.64. The van der Waals surface area contributed by atoms with E-state index in [1.807, 2.05) is 0 Å². The monoisotopic (exact) mass is 363 g/mol. The van der Waals surface area contributed by atoms with Crippen LogP contribution in [-0.2, 0) is 14.3 Å². The minimum Gasteiger partial charge on any atom is -0.456 e. The number of carbonyl (C=O) groups excluding carboxylic acids is 2. The molecule has 26 heavy (non-hydrogen) atoms. The van der Waals surface area contributed by atoms with Gasteiger partial charge in [0.25, 0.3) is 11.6 Å². The summed E-state index contributed by atoms with van der Waals surface area (Å²) in [5.74, 6) is -0.109. The number of hydrogen-bond donors (Lipinski definition) is 2. The van der Waals surface area contributed by atoms with E-state index in [1.165, 1.54) is 6.07 Å². The number of nitro groups is 1. The fraction of sp³-hybridized carbons (Fsp3) is 0.556. The third kappa shape index (κ3) is 6.34. The highest BCUT2D eigenvalue weighted by Gasteiger charge is 2.20. The lowest BCUT2D eigenvalue weighted by atomic mass is 9.87. The minimum atomic E-state index is -0.525. The maximum atomic E-state index is 11.8. The molecule has 0 unspecified atom stereocenters. The predicted molar refractivity (Wildman–Crippen MR) is 96.7 cm³/mol. The van der Waals surface area contributed by atoms with E-state index in [-0.39, 0.29) is 37.2 Å². The molecule has 1 amide bonds. The standard InChI is InChI=1S/C18H25N3O5/c1-13-6-8-14(9-7-13)20-17(22)12-26-18(23)10-11-19-15-4-2-3-5-16(15)21(24)25/h2-5,13-14,19H,6-12H2,1H3,(H,20,22). The second kappa shape index (κ2) is 9.74. The summed E-state index contributed by atoms with van der Waals surface area (Å²) in [6, 6.07) is 6.37. The zero-order chi connectivity index (χ0) is 18.9. The molecule has 0 spiro atoms. The van der Waals surface area contributed by atoms with Crippen molar-refractivity contribution in [2.24, 2.45) is 5.92 Å². The molecule has 0 aliphatic heterocycles. The Morgan fingerprint density at radius 1 is 1.23 bits per heavy atom. The van der Waals surface area contributed by atoms with Crippen LogP contribution in [0.5, 0.6) is 0 Å². The van der Waals surface area contributed by atoms with E-state index in [0.717, 1.165) is 25.7 Å². The average molecular weight is 363 g/mol. The number of benzene rings is 1. The van der Waals surface area contributed by atoms with Gasteiger partial charge in [0.1, 0.15) is 5.69 Å². The van der Waals surface area contributed by atoms with Crippen molar-refractivity contribution in [3.8, 4) is 0 Å². The van der Waals surface area contributed by atoms with Gasteiger partial charge in [0, 0.05) is 18.7 Å². The molecule has 142 valence electrons. The molecule has 0 heterocycles. The van der Waals surface area contributed by atoms with Crippen molar-refractivity contribution in [3.05, 3.63) is 34.4 Å². The van der Waals surface area contributed by atoms with E-state index < -0.39 is 10.9 Å². The average Bonchev–Trinajstić information content (AvgIpc) is 2.62. The molecule has 1 saturated carbocycles. The highest BCUT2D eigenvalue weighted by Crippen LogP contribution is 2.24. The van der Waals surface area contributed by atoms with Gasteiger partial charge in [-0.05, 0) is 37.7 Å². The molecule has 8 heteroatoms. The Morgan fingerprint density at radius 2 is 1.92 bits per heavy atom. The van der Waals surface area contributed by atoms with E-state index >= 15 is 0 Å². The molecule has 0 aromatic heterocycles.